The zero-order valence-electron chi connectivity index (χ0n) is 16.8. The number of amidine groups is 2. The van der Waals surface area contributed by atoms with Crippen LogP contribution in [0.2, 0.25) is 0 Å². The Morgan fingerprint density at radius 2 is 1.16 bits per heavy atom. The Labute approximate surface area is 178 Å². The van der Waals surface area contributed by atoms with Gasteiger partial charge in [0, 0.05) is 28.3 Å². The summed E-state index contributed by atoms with van der Waals surface area (Å²) in [4.78, 5) is 0. The van der Waals surface area contributed by atoms with Gasteiger partial charge in [-0.3, -0.25) is 10.8 Å². The zero-order valence-corrected chi connectivity index (χ0v) is 16.8. The fourth-order valence-corrected chi connectivity index (χ4v) is 2.87. The van der Waals surface area contributed by atoms with Crippen molar-refractivity contribution in [3.05, 3.63) is 94.0 Å². The number of aryl methyl sites for hydroxylation is 1. The summed E-state index contributed by atoms with van der Waals surface area (Å²) in [6, 6.07) is 13.7. The summed E-state index contributed by atoms with van der Waals surface area (Å²) in [5.41, 5.74) is 12.8. The van der Waals surface area contributed by atoms with Gasteiger partial charge >= 0.3 is 0 Å². The fourth-order valence-electron chi connectivity index (χ4n) is 2.87. The monoisotopic (exact) mass is 424 g/mol. The lowest BCUT2D eigenvalue weighted by atomic mass is 10.1. The highest BCUT2D eigenvalue weighted by Crippen LogP contribution is 2.25. The first-order chi connectivity index (χ1) is 14.7. The molecule has 6 nitrogen and oxygen atoms in total. The van der Waals surface area contributed by atoms with Crippen LogP contribution in [0, 0.1) is 29.4 Å². The number of hydrogen-bond acceptors (Lipinski definition) is 4. The van der Waals surface area contributed by atoms with Crippen LogP contribution in [0.15, 0.2) is 54.6 Å². The molecule has 160 valence electrons. The van der Waals surface area contributed by atoms with Crippen LogP contribution < -0.4 is 20.9 Å². The molecule has 31 heavy (non-hydrogen) atoms. The van der Waals surface area contributed by atoms with Crippen LogP contribution in [-0.2, 0) is 13.2 Å². The number of benzene rings is 3. The highest BCUT2D eigenvalue weighted by molar-refractivity contribution is 5.95. The Kier molecular flexibility index (Phi) is 6.49. The van der Waals surface area contributed by atoms with Crippen LogP contribution in [0.3, 0.4) is 0 Å². The van der Waals surface area contributed by atoms with Gasteiger partial charge in [0.1, 0.15) is 48.0 Å². The predicted octanol–water partition coefficient (Wildman–Crippen LogP) is 4.00. The molecule has 3 rings (SSSR count). The third-order valence-corrected chi connectivity index (χ3v) is 4.54. The number of hydrogen-bond donors (Lipinski definition) is 4. The van der Waals surface area contributed by atoms with Crippen LogP contribution in [0.4, 0.5) is 8.78 Å². The molecule has 0 saturated heterocycles. The first-order valence-corrected chi connectivity index (χ1v) is 9.36. The second-order valence-corrected chi connectivity index (χ2v) is 7.00. The van der Waals surface area contributed by atoms with Crippen LogP contribution in [0.1, 0.15) is 27.8 Å². The maximum atomic E-state index is 14.2. The summed E-state index contributed by atoms with van der Waals surface area (Å²) in [6.45, 7) is 1.81. The maximum Gasteiger partial charge on any atom is 0.130 e. The van der Waals surface area contributed by atoms with E-state index in [0.717, 1.165) is 5.56 Å². The van der Waals surface area contributed by atoms with Gasteiger partial charge in [-0.1, -0.05) is 24.3 Å². The molecular formula is C23H22F2N4O2. The van der Waals surface area contributed by atoms with Crippen molar-refractivity contribution in [2.45, 2.75) is 20.1 Å². The predicted molar refractivity (Wildman–Crippen MR) is 115 cm³/mol. The topological polar surface area (TPSA) is 118 Å². The molecule has 6 N–H and O–H groups in total. The third-order valence-electron chi connectivity index (χ3n) is 4.54. The maximum absolute atomic E-state index is 14.2. The van der Waals surface area contributed by atoms with Crippen molar-refractivity contribution in [3.63, 3.8) is 0 Å². The molecule has 0 saturated carbocycles. The van der Waals surface area contributed by atoms with Gasteiger partial charge in [0.05, 0.1) is 0 Å². The van der Waals surface area contributed by atoms with Gasteiger partial charge in [-0.15, -0.1) is 0 Å². The van der Waals surface area contributed by atoms with Crippen LogP contribution in [0.25, 0.3) is 0 Å². The first-order valence-electron chi connectivity index (χ1n) is 9.36. The summed E-state index contributed by atoms with van der Waals surface area (Å²) in [7, 11) is 0. The minimum atomic E-state index is -0.513. The second-order valence-electron chi connectivity index (χ2n) is 7.00. The average molecular weight is 424 g/mol. The van der Waals surface area contributed by atoms with E-state index in [0.29, 0.717) is 33.8 Å². The Morgan fingerprint density at radius 3 is 1.52 bits per heavy atom. The van der Waals surface area contributed by atoms with Crippen molar-refractivity contribution in [2.75, 3.05) is 0 Å². The Hall–Kier alpha value is -3.94. The lowest BCUT2D eigenvalue weighted by molar-refractivity contribution is 0.284. The van der Waals surface area contributed by atoms with E-state index >= 15 is 0 Å². The standard InChI is InChI=1S/C23H22F2N4O2/c1-13-6-18(30-11-16-4-2-14(22(26)27)8-20(16)24)10-19(7-13)31-12-17-5-3-15(23(28)29)9-21(17)25/h2-10H,11-12H2,1H3,(H3,26,27)(H3,28,29). The molecule has 0 amide bonds. The molecule has 0 heterocycles. The van der Waals surface area contributed by atoms with Gasteiger partial charge in [0.15, 0.2) is 0 Å². The average Bonchev–Trinajstić information content (AvgIpc) is 2.71. The molecule has 0 fully saturated rings. The summed E-state index contributed by atoms with van der Waals surface area (Å²) < 4.78 is 39.8. The largest absolute Gasteiger partial charge is 0.489 e. The number of nitrogens with two attached hydrogens (primary N) is 2. The second kappa shape index (κ2) is 9.25. The van der Waals surface area contributed by atoms with Crippen LogP contribution >= 0.6 is 0 Å². The van der Waals surface area contributed by atoms with Crippen LogP contribution in [0.5, 0.6) is 11.5 Å². The molecule has 0 spiro atoms. The van der Waals surface area contributed by atoms with Gasteiger partial charge < -0.3 is 20.9 Å². The van der Waals surface area contributed by atoms with Gasteiger partial charge in [-0.2, -0.15) is 0 Å². The van der Waals surface area contributed by atoms with Crippen molar-refractivity contribution in [1.29, 1.82) is 10.8 Å². The number of halogens is 2. The Morgan fingerprint density at radius 1 is 0.742 bits per heavy atom. The number of nitrogen functional groups attached to an aromatic ring is 2. The lowest BCUT2D eigenvalue weighted by Crippen LogP contribution is -2.12. The summed E-state index contributed by atoms with van der Waals surface area (Å²) in [6.07, 6.45) is 0. The van der Waals surface area contributed by atoms with E-state index in [4.69, 9.17) is 31.8 Å². The van der Waals surface area contributed by atoms with Gasteiger partial charge in [0.2, 0.25) is 0 Å². The number of ether oxygens (including phenoxy) is 2. The molecule has 8 heteroatoms. The molecule has 0 unspecified atom stereocenters. The van der Waals surface area contributed by atoms with E-state index in [9.17, 15) is 8.78 Å². The fraction of sp³-hybridized carbons (Fsp3) is 0.130. The van der Waals surface area contributed by atoms with Crippen LogP contribution in [-0.4, -0.2) is 11.7 Å². The molecule has 0 bridgehead atoms. The molecular weight excluding hydrogens is 402 g/mol. The summed E-state index contributed by atoms with van der Waals surface area (Å²) in [5, 5.41) is 14.7. The van der Waals surface area contributed by atoms with Crippen molar-refractivity contribution >= 4 is 11.7 Å². The van der Waals surface area contributed by atoms with E-state index in [1.54, 1.807) is 30.3 Å². The van der Waals surface area contributed by atoms with E-state index in [1.165, 1.54) is 24.3 Å². The van der Waals surface area contributed by atoms with Gasteiger partial charge in [-0.05, 0) is 36.8 Å². The minimum Gasteiger partial charge on any atom is -0.489 e. The quantitative estimate of drug-likeness (QED) is 0.323. The summed E-state index contributed by atoms with van der Waals surface area (Å²) >= 11 is 0. The molecule has 0 aromatic heterocycles. The zero-order chi connectivity index (χ0) is 22.5. The van der Waals surface area contributed by atoms with Crippen molar-refractivity contribution in [1.82, 2.24) is 0 Å². The van der Waals surface area contributed by atoms with Gasteiger partial charge in [0.25, 0.3) is 0 Å². The molecule has 3 aromatic carbocycles. The van der Waals surface area contributed by atoms with Crippen molar-refractivity contribution < 1.29 is 18.3 Å². The van der Waals surface area contributed by atoms with E-state index in [-0.39, 0.29) is 24.9 Å². The number of nitrogens with one attached hydrogen (secondary N) is 2. The highest BCUT2D eigenvalue weighted by Gasteiger charge is 2.09. The molecule has 0 aliphatic carbocycles. The van der Waals surface area contributed by atoms with Gasteiger partial charge in [-0.25, -0.2) is 8.78 Å². The molecule has 0 atom stereocenters. The van der Waals surface area contributed by atoms with Crippen molar-refractivity contribution in [3.8, 4) is 11.5 Å². The summed E-state index contributed by atoms with van der Waals surface area (Å²) in [5.74, 6) is -0.504. The lowest BCUT2D eigenvalue weighted by Gasteiger charge is -2.12. The molecule has 0 aliphatic heterocycles. The smallest absolute Gasteiger partial charge is 0.130 e. The Bertz CT molecular complexity index is 1060. The Balaban J connectivity index is 1.68. The number of rotatable bonds is 8. The SMILES string of the molecule is Cc1cc(OCc2ccc(C(=N)N)cc2F)cc(OCc2ccc(C(=N)N)cc2F)c1. The van der Waals surface area contributed by atoms with Crippen molar-refractivity contribution in [2.24, 2.45) is 11.5 Å². The molecule has 0 aliphatic rings. The molecule has 0 radical (unpaired) electrons. The first kappa shape index (κ1) is 21.8. The molecule has 3 aromatic rings. The van der Waals surface area contributed by atoms with E-state index < -0.39 is 11.6 Å². The van der Waals surface area contributed by atoms with E-state index in [1.807, 2.05) is 6.92 Å². The minimum absolute atomic E-state index is 0.0198. The normalized spacial score (nSPS) is 10.5. The third kappa shape index (κ3) is 5.57. The van der Waals surface area contributed by atoms with E-state index in [2.05, 4.69) is 0 Å². The highest BCUT2D eigenvalue weighted by atomic mass is 19.1.